The molecule has 0 radical (unpaired) electrons. The lowest BCUT2D eigenvalue weighted by Crippen LogP contribution is -2.69. The van der Waals surface area contributed by atoms with Gasteiger partial charge in [-0.1, -0.05) is 17.7 Å². The molecule has 4 saturated carbocycles. The Bertz CT molecular complexity index is 1060. The zero-order chi connectivity index (χ0) is 22.6. The average Bonchev–Trinajstić information content (AvgIpc) is 3.19. The van der Waals surface area contributed by atoms with E-state index in [2.05, 4.69) is 16.1 Å². The number of amides is 1. The van der Waals surface area contributed by atoms with Crippen molar-refractivity contribution in [2.45, 2.75) is 73.4 Å². The summed E-state index contributed by atoms with van der Waals surface area (Å²) in [5.41, 5.74) is -0.734. The number of carbonyl (C=O) groups is 1. The van der Waals surface area contributed by atoms with E-state index in [-0.39, 0.29) is 28.9 Å². The fourth-order valence-electron chi connectivity index (χ4n) is 7.13. The van der Waals surface area contributed by atoms with Crippen molar-refractivity contribution >= 4 is 27.5 Å². The van der Waals surface area contributed by atoms with Crippen molar-refractivity contribution in [3.8, 4) is 6.07 Å². The van der Waals surface area contributed by atoms with Crippen molar-refractivity contribution < 1.29 is 13.2 Å². The zero-order valence-electron chi connectivity index (χ0n) is 18.0. The first kappa shape index (κ1) is 22.1. The summed E-state index contributed by atoms with van der Waals surface area (Å²) in [5, 5.41) is 13.2. The Labute approximate surface area is 194 Å². The van der Waals surface area contributed by atoms with Gasteiger partial charge in [0.15, 0.2) is 0 Å². The van der Waals surface area contributed by atoms with E-state index in [0.29, 0.717) is 29.8 Å². The van der Waals surface area contributed by atoms with Gasteiger partial charge in [0.05, 0.1) is 17.5 Å². The first-order chi connectivity index (χ1) is 15.2. The molecular weight excluding hydrogens is 448 g/mol. The lowest BCUT2D eigenvalue weighted by molar-refractivity contribution is -0.131. The van der Waals surface area contributed by atoms with Crippen LogP contribution in [0.15, 0.2) is 29.2 Å². The summed E-state index contributed by atoms with van der Waals surface area (Å²) < 4.78 is 29.5. The molecule has 6 rings (SSSR count). The minimum atomic E-state index is -3.70. The fraction of sp³-hybridized carbons (Fsp3) is 0.652. The third kappa shape index (κ3) is 4.05. The van der Waals surface area contributed by atoms with Crippen molar-refractivity contribution in [3.05, 3.63) is 29.3 Å². The molecule has 9 heteroatoms. The van der Waals surface area contributed by atoms with Gasteiger partial charge in [-0.25, -0.2) is 13.1 Å². The maximum Gasteiger partial charge on any atom is 0.241 e. The van der Waals surface area contributed by atoms with Gasteiger partial charge in [-0.2, -0.15) is 5.26 Å². The van der Waals surface area contributed by atoms with Crippen LogP contribution < -0.4 is 10.0 Å². The van der Waals surface area contributed by atoms with Crippen LogP contribution in [0.2, 0.25) is 5.02 Å². The van der Waals surface area contributed by atoms with Crippen LogP contribution in [0.25, 0.3) is 0 Å². The van der Waals surface area contributed by atoms with Gasteiger partial charge in [0, 0.05) is 22.6 Å². The topological polar surface area (TPSA) is 102 Å². The molecule has 1 amide bonds. The van der Waals surface area contributed by atoms with E-state index < -0.39 is 15.6 Å². The van der Waals surface area contributed by atoms with Gasteiger partial charge in [0.25, 0.3) is 0 Å². The maximum atomic E-state index is 13.2. The van der Waals surface area contributed by atoms with Crippen LogP contribution in [0, 0.1) is 23.2 Å². The van der Waals surface area contributed by atoms with Gasteiger partial charge in [0.1, 0.15) is 6.04 Å². The van der Waals surface area contributed by atoms with Crippen molar-refractivity contribution in [1.29, 1.82) is 5.26 Å². The van der Waals surface area contributed by atoms with Crippen LogP contribution >= 0.6 is 11.6 Å². The van der Waals surface area contributed by atoms with E-state index in [1.807, 2.05) is 0 Å². The van der Waals surface area contributed by atoms with Gasteiger partial charge in [-0.15, -0.1) is 0 Å². The molecule has 1 saturated heterocycles. The third-order valence-electron chi connectivity index (χ3n) is 7.86. The lowest BCUT2D eigenvalue weighted by atomic mass is 9.50. The third-order valence-corrected chi connectivity index (χ3v) is 9.67. The molecule has 7 nitrogen and oxygen atoms in total. The Morgan fingerprint density at radius 2 is 1.94 bits per heavy atom. The number of likely N-dealkylation sites (tertiary alicyclic amines) is 1. The second kappa shape index (κ2) is 7.98. The monoisotopic (exact) mass is 476 g/mol. The highest BCUT2D eigenvalue weighted by atomic mass is 35.5. The summed E-state index contributed by atoms with van der Waals surface area (Å²) in [4.78, 5) is 14.7. The number of carbonyl (C=O) groups excluding carboxylic acids is 1. The number of hydrogen-bond donors (Lipinski definition) is 2. The van der Waals surface area contributed by atoms with Crippen LogP contribution in [0.3, 0.4) is 0 Å². The molecule has 0 spiro atoms. The van der Waals surface area contributed by atoms with Crippen LogP contribution in [0.5, 0.6) is 0 Å². The summed E-state index contributed by atoms with van der Waals surface area (Å²) in [6, 6.07) is 8.28. The Hall–Kier alpha value is -1.66. The zero-order valence-corrected chi connectivity index (χ0v) is 19.6. The summed E-state index contributed by atoms with van der Waals surface area (Å²) in [6.07, 6.45) is 7.03. The Balaban J connectivity index is 1.33. The highest BCUT2D eigenvalue weighted by Gasteiger charge is 2.58. The first-order valence-corrected chi connectivity index (χ1v) is 13.3. The largest absolute Gasteiger partial charge is 0.326 e. The smallest absolute Gasteiger partial charge is 0.241 e. The Morgan fingerprint density at radius 1 is 1.22 bits per heavy atom. The summed E-state index contributed by atoms with van der Waals surface area (Å²) in [6.45, 7) is 0.842. The predicted molar refractivity (Wildman–Crippen MR) is 120 cm³/mol. The number of nitriles is 1. The van der Waals surface area contributed by atoms with Crippen LogP contribution in [0.4, 0.5) is 0 Å². The molecule has 172 valence electrons. The maximum absolute atomic E-state index is 13.2. The summed E-state index contributed by atoms with van der Waals surface area (Å²) in [7, 11) is -3.70. The van der Waals surface area contributed by atoms with Crippen molar-refractivity contribution in [3.63, 3.8) is 0 Å². The van der Waals surface area contributed by atoms with E-state index in [4.69, 9.17) is 11.6 Å². The molecule has 1 aromatic rings. The second-order valence-electron chi connectivity index (χ2n) is 10.3. The number of benzene rings is 1. The number of sulfonamides is 1. The summed E-state index contributed by atoms with van der Waals surface area (Å²) in [5.74, 6) is 0.859. The highest BCUT2D eigenvalue weighted by Crippen LogP contribution is 2.57. The van der Waals surface area contributed by atoms with Gasteiger partial charge in [0.2, 0.25) is 15.9 Å². The van der Waals surface area contributed by atoms with Crippen molar-refractivity contribution in [2.75, 3.05) is 13.1 Å². The molecule has 5 fully saturated rings. The quantitative estimate of drug-likeness (QED) is 0.657. The predicted octanol–water partition coefficient (Wildman–Crippen LogP) is 2.81. The molecule has 2 N–H and O–H groups in total. The number of halogens is 1. The van der Waals surface area contributed by atoms with E-state index in [1.54, 1.807) is 23.1 Å². The number of rotatable bonds is 6. The molecule has 3 atom stereocenters. The lowest BCUT2D eigenvalue weighted by Gasteiger charge is -2.62. The number of hydrogen-bond acceptors (Lipinski definition) is 5. The van der Waals surface area contributed by atoms with Crippen molar-refractivity contribution in [1.82, 2.24) is 14.9 Å². The average molecular weight is 477 g/mol. The van der Waals surface area contributed by atoms with E-state index in [0.717, 1.165) is 44.9 Å². The van der Waals surface area contributed by atoms with E-state index in [9.17, 15) is 18.5 Å². The SMILES string of the molecule is N#C[C@@H]1CCCN1C(=O)CNC12CC3CC(C1)CC(NS(=O)(=O)c1cccc(Cl)c1)(C3)C2. The highest BCUT2D eigenvalue weighted by molar-refractivity contribution is 7.89. The first-order valence-electron chi connectivity index (χ1n) is 11.5. The van der Waals surface area contributed by atoms with Crippen LogP contribution in [0.1, 0.15) is 51.4 Å². The normalized spacial score (nSPS) is 35.8. The van der Waals surface area contributed by atoms with Crippen LogP contribution in [-0.2, 0) is 14.8 Å². The minimum Gasteiger partial charge on any atom is -0.326 e. The minimum absolute atomic E-state index is 0.0293. The van der Waals surface area contributed by atoms with Gasteiger partial charge >= 0.3 is 0 Å². The molecule has 1 aliphatic heterocycles. The fourth-order valence-corrected chi connectivity index (χ4v) is 8.85. The summed E-state index contributed by atoms with van der Waals surface area (Å²) >= 11 is 6.04. The molecule has 4 aliphatic carbocycles. The van der Waals surface area contributed by atoms with Crippen LogP contribution in [-0.4, -0.2) is 49.4 Å². The molecular formula is C23H29ClN4O3S. The van der Waals surface area contributed by atoms with Gasteiger partial charge in [-0.3, -0.25) is 4.79 Å². The standard InChI is InChI=1S/C23H29ClN4O3S/c24-18-3-1-5-20(8-18)32(30,31)27-23-11-16-7-17(12-23)10-22(9-16,15-23)26-14-21(29)28-6-2-4-19(28)13-25/h1,3,5,8,16-17,19,26-27H,2,4,6-7,9-12,14-15H2/t16?,17?,19-,22?,23?/m0/s1. The number of nitrogens with zero attached hydrogens (tertiary/aromatic N) is 2. The molecule has 1 aromatic carbocycles. The second-order valence-corrected chi connectivity index (χ2v) is 12.4. The molecule has 0 aromatic heterocycles. The molecule has 1 heterocycles. The van der Waals surface area contributed by atoms with Gasteiger partial charge in [-0.05, 0) is 81.4 Å². The Kier molecular flexibility index (Phi) is 5.52. The molecule has 5 aliphatic rings. The van der Waals surface area contributed by atoms with Crippen molar-refractivity contribution in [2.24, 2.45) is 11.8 Å². The van der Waals surface area contributed by atoms with E-state index in [1.165, 1.54) is 6.07 Å². The Morgan fingerprint density at radius 3 is 2.62 bits per heavy atom. The molecule has 32 heavy (non-hydrogen) atoms. The number of nitrogens with one attached hydrogen (secondary N) is 2. The van der Waals surface area contributed by atoms with Gasteiger partial charge < -0.3 is 10.2 Å². The molecule has 4 bridgehead atoms. The molecule has 2 unspecified atom stereocenters. The van der Waals surface area contributed by atoms with E-state index >= 15 is 0 Å².